The Morgan fingerprint density at radius 2 is 1.79 bits per heavy atom. The Morgan fingerprint density at radius 3 is 2.57 bits per heavy atom. The fourth-order valence-electron chi connectivity index (χ4n) is 1.68. The average Bonchev–Trinajstić information content (AvgIpc) is 2.27. The molecule has 68 valence electrons. The third-order valence-electron chi connectivity index (χ3n) is 2.47. The molecule has 0 heterocycles. The first-order chi connectivity index (χ1) is 6.83. The molecule has 1 nitrogen and oxygen atoms in total. The van der Waals surface area contributed by atoms with Gasteiger partial charge in [-0.25, -0.2) is 6.57 Å². The van der Waals surface area contributed by atoms with Crippen LogP contribution in [0.25, 0.3) is 15.6 Å². The van der Waals surface area contributed by atoms with Crippen molar-refractivity contribution in [2.24, 2.45) is 0 Å². The van der Waals surface area contributed by atoms with Gasteiger partial charge in [0.05, 0.1) is 0 Å². The third-order valence-corrected chi connectivity index (χ3v) is 2.47. The molecular weight excluding hydrogens is 170 g/mol. The van der Waals surface area contributed by atoms with Crippen LogP contribution in [0.3, 0.4) is 0 Å². The second kappa shape index (κ2) is 3.51. The van der Waals surface area contributed by atoms with Crippen LogP contribution in [0.4, 0.5) is 0 Å². The first-order valence-corrected chi connectivity index (χ1v) is 4.67. The molecule has 1 atom stereocenters. The SMILES string of the molecule is [C-]#[N+][C@H](C)c1cccc2ccccc12. The fraction of sp³-hybridized carbons (Fsp3) is 0.154. The van der Waals surface area contributed by atoms with E-state index in [4.69, 9.17) is 6.57 Å². The van der Waals surface area contributed by atoms with E-state index in [0.29, 0.717) is 0 Å². The molecule has 1 heteroatoms. The van der Waals surface area contributed by atoms with Crippen molar-refractivity contribution in [3.63, 3.8) is 0 Å². The van der Waals surface area contributed by atoms with E-state index in [1.807, 2.05) is 31.2 Å². The van der Waals surface area contributed by atoms with Crippen LogP contribution >= 0.6 is 0 Å². The van der Waals surface area contributed by atoms with Crippen LogP contribution in [-0.2, 0) is 0 Å². The first kappa shape index (κ1) is 8.77. The maximum atomic E-state index is 7.05. The monoisotopic (exact) mass is 181 g/mol. The highest BCUT2D eigenvalue weighted by Crippen LogP contribution is 2.25. The Bertz CT molecular complexity index is 489. The second-order valence-electron chi connectivity index (χ2n) is 3.37. The molecule has 0 saturated carbocycles. The Kier molecular flexibility index (Phi) is 2.20. The molecule has 0 fully saturated rings. The fourth-order valence-corrected chi connectivity index (χ4v) is 1.68. The van der Waals surface area contributed by atoms with E-state index in [1.165, 1.54) is 10.8 Å². The van der Waals surface area contributed by atoms with Crippen molar-refractivity contribution < 1.29 is 0 Å². The molecule has 0 radical (unpaired) electrons. The van der Waals surface area contributed by atoms with Gasteiger partial charge in [0.2, 0.25) is 6.04 Å². The molecule has 0 spiro atoms. The molecule has 0 aliphatic rings. The van der Waals surface area contributed by atoms with Crippen molar-refractivity contribution in [3.05, 3.63) is 59.4 Å². The van der Waals surface area contributed by atoms with E-state index in [1.54, 1.807) is 0 Å². The lowest BCUT2D eigenvalue weighted by molar-refractivity contribution is 0.974. The number of rotatable bonds is 1. The minimum Gasteiger partial charge on any atom is -0.309 e. The highest BCUT2D eigenvalue weighted by molar-refractivity contribution is 5.86. The highest BCUT2D eigenvalue weighted by atomic mass is 14.7. The maximum absolute atomic E-state index is 7.05. The summed E-state index contributed by atoms with van der Waals surface area (Å²) in [6.07, 6.45) is 0. The first-order valence-electron chi connectivity index (χ1n) is 4.67. The van der Waals surface area contributed by atoms with Gasteiger partial charge in [0, 0.05) is 12.5 Å². The van der Waals surface area contributed by atoms with Gasteiger partial charge >= 0.3 is 0 Å². The summed E-state index contributed by atoms with van der Waals surface area (Å²) in [6.45, 7) is 8.99. The van der Waals surface area contributed by atoms with Gasteiger partial charge in [-0.05, 0) is 10.8 Å². The van der Waals surface area contributed by atoms with Gasteiger partial charge in [-0.15, -0.1) is 0 Å². The molecule has 0 amide bonds. The lowest BCUT2D eigenvalue weighted by atomic mass is 10.0. The zero-order chi connectivity index (χ0) is 9.97. The Labute approximate surface area is 83.8 Å². The van der Waals surface area contributed by atoms with E-state index < -0.39 is 0 Å². The average molecular weight is 181 g/mol. The van der Waals surface area contributed by atoms with Crippen molar-refractivity contribution >= 4 is 10.8 Å². The summed E-state index contributed by atoms with van der Waals surface area (Å²) in [6, 6.07) is 14.3. The molecule has 0 aliphatic carbocycles. The number of hydrogen-bond donors (Lipinski definition) is 0. The van der Waals surface area contributed by atoms with Gasteiger partial charge in [0.15, 0.2) is 0 Å². The van der Waals surface area contributed by atoms with Crippen LogP contribution in [-0.4, -0.2) is 0 Å². The summed E-state index contributed by atoms with van der Waals surface area (Å²) in [5.74, 6) is 0. The molecule has 0 aliphatic heterocycles. The van der Waals surface area contributed by atoms with E-state index in [9.17, 15) is 0 Å². The lowest BCUT2D eigenvalue weighted by Crippen LogP contribution is -1.88. The summed E-state index contributed by atoms with van der Waals surface area (Å²) < 4.78 is 0. The zero-order valence-corrected chi connectivity index (χ0v) is 8.07. The van der Waals surface area contributed by atoms with Crippen molar-refractivity contribution in [1.29, 1.82) is 0 Å². The van der Waals surface area contributed by atoms with Gasteiger partial charge in [0.25, 0.3) is 0 Å². The normalized spacial score (nSPS) is 12.3. The molecule has 2 aromatic carbocycles. The summed E-state index contributed by atoms with van der Waals surface area (Å²) in [4.78, 5) is 3.56. The largest absolute Gasteiger partial charge is 0.309 e. The molecule has 0 saturated heterocycles. The van der Waals surface area contributed by atoms with Crippen molar-refractivity contribution in [2.75, 3.05) is 0 Å². The van der Waals surface area contributed by atoms with E-state index in [2.05, 4.69) is 23.0 Å². The van der Waals surface area contributed by atoms with E-state index in [0.717, 1.165) is 5.56 Å². The van der Waals surface area contributed by atoms with Crippen LogP contribution in [0.5, 0.6) is 0 Å². The Hall–Kier alpha value is -1.81. The predicted octanol–water partition coefficient (Wildman–Crippen LogP) is 3.82. The summed E-state index contributed by atoms with van der Waals surface area (Å²) >= 11 is 0. The molecule has 0 aromatic heterocycles. The number of fused-ring (bicyclic) bond motifs is 1. The Morgan fingerprint density at radius 1 is 1.07 bits per heavy atom. The molecule has 14 heavy (non-hydrogen) atoms. The van der Waals surface area contributed by atoms with Crippen LogP contribution < -0.4 is 0 Å². The van der Waals surface area contributed by atoms with E-state index in [-0.39, 0.29) is 6.04 Å². The smallest absolute Gasteiger partial charge is 0.246 e. The maximum Gasteiger partial charge on any atom is 0.246 e. The molecule has 2 aromatic rings. The third kappa shape index (κ3) is 1.36. The molecule has 0 N–H and O–H groups in total. The number of hydrogen-bond acceptors (Lipinski definition) is 0. The zero-order valence-electron chi connectivity index (χ0n) is 8.07. The standard InChI is InChI=1S/C13H11N/c1-10(14-2)12-9-5-7-11-6-3-4-8-13(11)12/h3-10H,1H3/t10-/m1/s1. The van der Waals surface area contributed by atoms with Crippen LogP contribution in [0.2, 0.25) is 0 Å². The molecule has 0 unspecified atom stereocenters. The predicted molar refractivity (Wildman–Crippen MR) is 59.0 cm³/mol. The quantitative estimate of drug-likeness (QED) is 0.589. The number of benzene rings is 2. The molecular formula is C13H11N. The van der Waals surface area contributed by atoms with Crippen molar-refractivity contribution in [3.8, 4) is 0 Å². The minimum absolute atomic E-state index is 0.0545. The van der Waals surface area contributed by atoms with Gasteiger partial charge < -0.3 is 4.85 Å². The topological polar surface area (TPSA) is 4.36 Å². The summed E-state index contributed by atoms with van der Waals surface area (Å²) in [5.41, 5.74) is 1.12. The Balaban J connectivity index is 2.72. The summed E-state index contributed by atoms with van der Waals surface area (Å²) in [5, 5.41) is 2.40. The molecule has 0 bridgehead atoms. The highest BCUT2D eigenvalue weighted by Gasteiger charge is 2.10. The van der Waals surface area contributed by atoms with Gasteiger partial charge in [-0.1, -0.05) is 42.5 Å². The van der Waals surface area contributed by atoms with E-state index >= 15 is 0 Å². The van der Waals surface area contributed by atoms with Gasteiger partial charge in [-0.3, -0.25) is 0 Å². The van der Waals surface area contributed by atoms with Crippen molar-refractivity contribution in [1.82, 2.24) is 0 Å². The van der Waals surface area contributed by atoms with Gasteiger partial charge in [0.1, 0.15) is 0 Å². The lowest BCUT2D eigenvalue weighted by Gasteiger charge is -2.04. The summed E-state index contributed by atoms with van der Waals surface area (Å²) in [7, 11) is 0. The van der Waals surface area contributed by atoms with Crippen molar-refractivity contribution in [2.45, 2.75) is 13.0 Å². The van der Waals surface area contributed by atoms with Crippen LogP contribution in [0.15, 0.2) is 42.5 Å². The minimum atomic E-state index is -0.0545. The van der Waals surface area contributed by atoms with Crippen LogP contribution in [0.1, 0.15) is 18.5 Å². The molecule has 2 rings (SSSR count). The van der Waals surface area contributed by atoms with Gasteiger partial charge in [-0.2, -0.15) is 0 Å². The van der Waals surface area contributed by atoms with Crippen LogP contribution in [0, 0.1) is 6.57 Å². The number of nitrogens with zero attached hydrogens (tertiary/aromatic N) is 1. The second-order valence-corrected chi connectivity index (χ2v) is 3.37.